The second-order valence-corrected chi connectivity index (χ2v) is 5.54. The lowest BCUT2D eigenvalue weighted by molar-refractivity contribution is -0.148. The minimum atomic E-state index is -1.26. The molecule has 1 aliphatic heterocycles. The van der Waals surface area contributed by atoms with Crippen LogP contribution in [0.5, 0.6) is 23.0 Å². The molecule has 0 spiro atoms. The van der Waals surface area contributed by atoms with Crippen LogP contribution in [0.15, 0.2) is 36.4 Å². The zero-order valence-electron chi connectivity index (χ0n) is 13.6. The van der Waals surface area contributed by atoms with Crippen molar-refractivity contribution in [2.45, 2.75) is 19.1 Å². The molecule has 1 aliphatic rings. The molecule has 0 fully saturated rings. The van der Waals surface area contributed by atoms with E-state index in [-0.39, 0.29) is 17.1 Å². The molecule has 0 bridgehead atoms. The number of carbonyl (C=O) groups is 2. The summed E-state index contributed by atoms with van der Waals surface area (Å²) in [5.74, 6) is -1.30. The van der Waals surface area contributed by atoms with Crippen molar-refractivity contribution < 1.29 is 34.0 Å². The second-order valence-electron chi connectivity index (χ2n) is 5.54. The number of rotatable bonds is 3. The molecular formula is C18H16O7. The van der Waals surface area contributed by atoms with Crippen LogP contribution in [0.25, 0.3) is 0 Å². The topological polar surface area (TPSA) is 102 Å². The van der Waals surface area contributed by atoms with Gasteiger partial charge in [-0.15, -0.1) is 0 Å². The molecule has 0 aliphatic carbocycles. The monoisotopic (exact) mass is 344 g/mol. The first kappa shape index (κ1) is 16.6. The van der Waals surface area contributed by atoms with E-state index >= 15 is 0 Å². The Bertz CT molecular complexity index is 826. The molecule has 3 rings (SSSR count). The van der Waals surface area contributed by atoms with E-state index in [9.17, 15) is 19.8 Å². The first-order valence-electron chi connectivity index (χ1n) is 7.48. The fraction of sp³-hybridized carbons (Fsp3) is 0.222. The summed E-state index contributed by atoms with van der Waals surface area (Å²) in [7, 11) is 1.53. The van der Waals surface area contributed by atoms with Gasteiger partial charge < -0.3 is 24.4 Å². The lowest BCUT2D eigenvalue weighted by Crippen LogP contribution is -2.39. The second kappa shape index (κ2) is 6.35. The number of carbonyl (C=O) groups excluding carboxylic acids is 2. The van der Waals surface area contributed by atoms with E-state index in [2.05, 4.69) is 0 Å². The van der Waals surface area contributed by atoms with Gasteiger partial charge in [-0.3, -0.25) is 9.59 Å². The lowest BCUT2D eigenvalue weighted by atomic mass is 9.92. The Morgan fingerprint density at radius 2 is 1.84 bits per heavy atom. The number of fused-ring (bicyclic) bond motifs is 1. The maximum Gasteiger partial charge on any atom is 0.303 e. The van der Waals surface area contributed by atoms with Gasteiger partial charge >= 0.3 is 5.97 Å². The van der Waals surface area contributed by atoms with E-state index in [1.54, 1.807) is 24.3 Å². The Kier molecular flexibility index (Phi) is 4.22. The van der Waals surface area contributed by atoms with Gasteiger partial charge in [0.25, 0.3) is 0 Å². The lowest BCUT2D eigenvalue weighted by Gasteiger charge is -2.32. The number of benzene rings is 2. The van der Waals surface area contributed by atoms with Crippen molar-refractivity contribution in [3.63, 3.8) is 0 Å². The molecule has 0 radical (unpaired) electrons. The van der Waals surface area contributed by atoms with E-state index in [1.165, 1.54) is 20.1 Å². The van der Waals surface area contributed by atoms with Gasteiger partial charge in [-0.05, 0) is 17.7 Å². The van der Waals surface area contributed by atoms with Crippen molar-refractivity contribution >= 4 is 11.8 Å². The molecule has 7 nitrogen and oxygen atoms in total. The van der Waals surface area contributed by atoms with Gasteiger partial charge in [0.15, 0.2) is 6.10 Å². The van der Waals surface area contributed by atoms with Crippen molar-refractivity contribution in [3.8, 4) is 23.0 Å². The highest BCUT2D eigenvalue weighted by atomic mass is 16.6. The van der Waals surface area contributed by atoms with Gasteiger partial charge in [0.1, 0.15) is 28.6 Å². The fourth-order valence-corrected chi connectivity index (χ4v) is 2.74. The third-order valence-corrected chi connectivity index (χ3v) is 3.84. The summed E-state index contributed by atoms with van der Waals surface area (Å²) in [5, 5.41) is 19.6. The summed E-state index contributed by atoms with van der Waals surface area (Å²) in [5.41, 5.74) is 0.447. The maximum absolute atomic E-state index is 12.8. The van der Waals surface area contributed by atoms with Crippen LogP contribution in [0.3, 0.4) is 0 Å². The largest absolute Gasteiger partial charge is 0.508 e. The first-order valence-corrected chi connectivity index (χ1v) is 7.48. The zero-order chi connectivity index (χ0) is 18.1. The number of aromatic hydroxyl groups is 2. The number of esters is 1. The predicted octanol–water partition coefficient (Wildman–Crippen LogP) is 2.35. The van der Waals surface area contributed by atoms with Crippen molar-refractivity contribution in [2.24, 2.45) is 0 Å². The average Bonchev–Trinajstić information content (AvgIpc) is 2.56. The molecule has 0 saturated heterocycles. The van der Waals surface area contributed by atoms with Gasteiger partial charge in [0.2, 0.25) is 11.9 Å². The highest BCUT2D eigenvalue weighted by Crippen LogP contribution is 2.42. The quantitative estimate of drug-likeness (QED) is 0.824. The highest BCUT2D eigenvalue weighted by Gasteiger charge is 2.42. The summed E-state index contributed by atoms with van der Waals surface area (Å²) >= 11 is 0. The normalized spacial score (nSPS) is 18.9. The van der Waals surface area contributed by atoms with Crippen LogP contribution in [-0.4, -0.2) is 35.2 Å². The van der Waals surface area contributed by atoms with Gasteiger partial charge in [-0.1, -0.05) is 12.1 Å². The van der Waals surface area contributed by atoms with Crippen molar-refractivity contribution in [1.29, 1.82) is 0 Å². The average molecular weight is 344 g/mol. The summed E-state index contributed by atoms with van der Waals surface area (Å²) in [6.07, 6.45) is -2.18. The minimum absolute atomic E-state index is 0.0201. The van der Waals surface area contributed by atoms with Crippen LogP contribution in [0, 0.1) is 0 Å². The summed E-state index contributed by atoms with van der Waals surface area (Å²) in [6.45, 7) is 1.19. The molecule has 2 aromatic rings. The standard InChI is InChI=1S/C18H16O7/c1-9(19)24-18-16(22)15-13(21)7-11(20)8-14(15)25-17(18)10-3-5-12(23-2)6-4-10/h3-8,17-18,20-21H,1-2H3. The summed E-state index contributed by atoms with van der Waals surface area (Å²) in [4.78, 5) is 24.2. The van der Waals surface area contributed by atoms with E-state index in [0.29, 0.717) is 11.3 Å². The van der Waals surface area contributed by atoms with E-state index < -0.39 is 29.7 Å². The number of hydrogen-bond acceptors (Lipinski definition) is 7. The van der Waals surface area contributed by atoms with Crippen LogP contribution in [-0.2, 0) is 9.53 Å². The Hall–Kier alpha value is -3.22. The third kappa shape index (κ3) is 3.08. The van der Waals surface area contributed by atoms with Crippen molar-refractivity contribution in [1.82, 2.24) is 0 Å². The van der Waals surface area contributed by atoms with Crippen LogP contribution in [0.2, 0.25) is 0 Å². The molecule has 0 aromatic heterocycles. The number of hydrogen-bond donors (Lipinski definition) is 2. The molecule has 2 atom stereocenters. The smallest absolute Gasteiger partial charge is 0.303 e. The molecular weight excluding hydrogens is 328 g/mol. The molecule has 2 unspecified atom stereocenters. The maximum atomic E-state index is 12.8. The van der Waals surface area contributed by atoms with Crippen LogP contribution >= 0.6 is 0 Å². The molecule has 2 aromatic carbocycles. The van der Waals surface area contributed by atoms with Crippen molar-refractivity contribution in [2.75, 3.05) is 7.11 Å². The number of phenolic OH excluding ortho intramolecular Hbond substituents is 2. The number of methoxy groups -OCH3 is 1. The molecule has 0 saturated carbocycles. The van der Waals surface area contributed by atoms with Crippen LogP contribution in [0.4, 0.5) is 0 Å². The van der Waals surface area contributed by atoms with Crippen molar-refractivity contribution in [3.05, 3.63) is 47.5 Å². The van der Waals surface area contributed by atoms with Gasteiger partial charge in [-0.2, -0.15) is 0 Å². The SMILES string of the molecule is COc1ccc(C2Oc3cc(O)cc(O)c3C(=O)C2OC(C)=O)cc1. The molecule has 1 heterocycles. The minimum Gasteiger partial charge on any atom is -0.508 e. The first-order chi connectivity index (χ1) is 11.9. The Morgan fingerprint density at radius 1 is 1.16 bits per heavy atom. The molecule has 7 heteroatoms. The summed E-state index contributed by atoms with van der Waals surface area (Å²) < 4.78 is 16.0. The number of phenols is 2. The molecule has 0 amide bonds. The number of Topliss-reactive ketones (excluding diaryl/α,β-unsaturated/α-hetero) is 1. The van der Waals surface area contributed by atoms with Gasteiger partial charge in [0.05, 0.1) is 7.11 Å². The number of ketones is 1. The van der Waals surface area contributed by atoms with E-state index in [4.69, 9.17) is 14.2 Å². The Labute approximate surface area is 143 Å². The molecule has 130 valence electrons. The molecule has 2 N–H and O–H groups in total. The van der Waals surface area contributed by atoms with Crippen LogP contribution in [0.1, 0.15) is 28.9 Å². The third-order valence-electron chi connectivity index (χ3n) is 3.84. The highest BCUT2D eigenvalue weighted by molar-refractivity contribution is 6.06. The number of ether oxygens (including phenoxy) is 3. The van der Waals surface area contributed by atoms with E-state index in [1.807, 2.05) is 0 Å². The summed E-state index contributed by atoms with van der Waals surface area (Å²) in [6, 6.07) is 8.99. The zero-order valence-corrected chi connectivity index (χ0v) is 13.6. The van der Waals surface area contributed by atoms with Crippen LogP contribution < -0.4 is 9.47 Å². The molecule has 25 heavy (non-hydrogen) atoms. The van der Waals surface area contributed by atoms with E-state index in [0.717, 1.165) is 6.07 Å². The van der Waals surface area contributed by atoms with Gasteiger partial charge in [0, 0.05) is 19.1 Å². The predicted molar refractivity (Wildman–Crippen MR) is 86.0 cm³/mol. The Balaban J connectivity index is 2.08. The Morgan fingerprint density at radius 3 is 2.44 bits per heavy atom. The van der Waals surface area contributed by atoms with Gasteiger partial charge in [-0.25, -0.2) is 0 Å². The fourth-order valence-electron chi connectivity index (χ4n) is 2.74.